The van der Waals surface area contributed by atoms with Gasteiger partial charge in [0.2, 0.25) is 0 Å². The van der Waals surface area contributed by atoms with Crippen LogP contribution in [0.3, 0.4) is 0 Å². The predicted octanol–water partition coefficient (Wildman–Crippen LogP) is 3.31. The van der Waals surface area contributed by atoms with Crippen LogP contribution < -0.4 is 20.9 Å². The number of aromatic nitrogens is 1. The molecule has 2 saturated heterocycles. The number of aromatic hydroxyl groups is 1. The quantitative estimate of drug-likeness (QED) is 0.419. The maximum atomic E-state index is 13.1. The smallest absolute Gasteiger partial charge is 0.322 e. The van der Waals surface area contributed by atoms with Gasteiger partial charge in [-0.3, -0.25) is 10.1 Å². The SMILES string of the molecule is CC[C@H]1CN(c2ccc([C@]3(Cn4cc5ccc(Cl)cc5c4O)NC(=O)NC3=O)cc2)C(C)CN1. The highest BCUT2D eigenvalue weighted by Gasteiger charge is 2.48. The van der Waals surface area contributed by atoms with Crippen LogP contribution in [0, 0.1) is 0 Å². The molecule has 2 fully saturated rings. The lowest BCUT2D eigenvalue weighted by Crippen LogP contribution is -2.55. The summed E-state index contributed by atoms with van der Waals surface area (Å²) < 4.78 is 1.57. The second-order valence-corrected chi connectivity index (χ2v) is 9.62. The van der Waals surface area contributed by atoms with E-state index in [1.165, 1.54) is 0 Å². The number of halogens is 1. The van der Waals surface area contributed by atoms with E-state index in [9.17, 15) is 14.7 Å². The number of fused-ring (bicyclic) bond motifs is 1. The Balaban J connectivity index is 1.50. The number of carbonyl (C=O) groups is 2. The molecule has 1 aromatic heterocycles. The first-order valence-electron chi connectivity index (χ1n) is 11.5. The first-order valence-corrected chi connectivity index (χ1v) is 11.9. The first kappa shape index (κ1) is 22.6. The summed E-state index contributed by atoms with van der Waals surface area (Å²) in [4.78, 5) is 27.7. The van der Waals surface area contributed by atoms with Crippen molar-refractivity contribution in [2.75, 3.05) is 18.0 Å². The number of amides is 3. The van der Waals surface area contributed by atoms with Crippen LogP contribution in [0.2, 0.25) is 5.02 Å². The van der Waals surface area contributed by atoms with Crippen LogP contribution in [0.5, 0.6) is 5.88 Å². The van der Waals surface area contributed by atoms with Gasteiger partial charge in [0.05, 0.1) is 6.54 Å². The van der Waals surface area contributed by atoms with Crippen LogP contribution in [-0.2, 0) is 16.9 Å². The summed E-state index contributed by atoms with van der Waals surface area (Å²) in [5, 5.41) is 21.4. The third-order valence-electron chi connectivity index (χ3n) is 7.01. The number of nitrogens with one attached hydrogen (secondary N) is 3. The normalized spacial score (nSPS) is 25.0. The maximum Gasteiger partial charge on any atom is 0.322 e. The van der Waals surface area contributed by atoms with E-state index in [-0.39, 0.29) is 12.4 Å². The molecule has 3 amide bonds. The third kappa shape index (κ3) is 3.76. The van der Waals surface area contributed by atoms with Crippen LogP contribution in [0.15, 0.2) is 48.7 Å². The number of urea groups is 1. The number of hydrogen-bond acceptors (Lipinski definition) is 5. The average molecular weight is 482 g/mol. The van der Waals surface area contributed by atoms with E-state index in [2.05, 4.69) is 34.7 Å². The molecule has 2 aliphatic rings. The monoisotopic (exact) mass is 481 g/mol. The Hall–Kier alpha value is -3.23. The van der Waals surface area contributed by atoms with Gasteiger partial charge in [-0.05, 0) is 43.2 Å². The molecule has 0 spiro atoms. The van der Waals surface area contributed by atoms with Gasteiger partial charge in [-0.2, -0.15) is 0 Å². The fourth-order valence-corrected chi connectivity index (χ4v) is 5.16. The molecule has 4 N–H and O–H groups in total. The van der Waals surface area contributed by atoms with Gasteiger partial charge in [0.1, 0.15) is 0 Å². The Morgan fingerprint density at radius 2 is 1.94 bits per heavy atom. The summed E-state index contributed by atoms with van der Waals surface area (Å²) in [5.74, 6) is -0.468. The van der Waals surface area contributed by atoms with Crippen molar-refractivity contribution in [1.29, 1.82) is 0 Å². The topological polar surface area (TPSA) is 98.6 Å². The Morgan fingerprint density at radius 3 is 2.62 bits per heavy atom. The molecule has 0 bridgehead atoms. The highest BCUT2D eigenvalue weighted by atomic mass is 35.5. The fourth-order valence-electron chi connectivity index (χ4n) is 4.99. The second-order valence-electron chi connectivity index (χ2n) is 9.19. The summed E-state index contributed by atoms with van der Waals surface area (Å²) in [6, 6.07) is 13.2. The second kappa shape index (κ2) is 8.52. The summed E-state index contributed by atoms with van der Waals surface area (Å²) in [7, 11) is 0. The molecule has 0 aliphatic carbocycles. The maximum absolute atomic E-state index is 13.1. The molecule has 1 unspecified atom stereocenters. The standard InChI is InChI=1S/C25H28ClN5O3/c1-3-19-13-31(15(2)11-27-19)20-8-5-17(6-9-20)25(23(33)28-24(34)29-25)14-30-12-16-4-7-18(26)10-21(16)22(30)32/h4-10,12,15,19,27,32H,3,11,13-14H2,1-2H3,(H2,28,29,33,34)/t15?,19-,25-/m0/s1. The minimum atomic E-state index is -1.35. The summed E-state index contributed by atoms with van der Waals surface area (Å²) in [6.45, 7) is 6.21. The van der Waals surface area contributed by atoms with E-state index in [1.807, 2.05) is 24.3 Å². The van der Waals surface area contributed by atoms with Gasteiger partial charge < -0.3 is 25.2 Å². The van der Waals surface area contributed by atoms with Gasteiger partial charge in [0.25, 0.3) is 5.91 Å². The number of anilines is 1. The Kier molecular flexibility index (Phi) is 5.65. The molecule has 178 valence electrons. The van der Waals surface area contributed by atoms with Gasteiger partial charge in [-0.25, -0.2) is 4.79 Å². The highest BCUT2D eigenvalue weighted by Crippen LogP contribution is 2.35. The van der Waals surface area contributed by atoms with Crippen molar-refractivity contribution in [3.05, 3.63) is 59.2 Å². The van der Waals surface area contributed by atoms with Crippen molar-refractivity contribution < 1.29 is 14.7 Å². The van der Waals surface area contributed by atoms with Crippen LogP contribution >= 0.6 is 11.6 Å². The van der Waals surface area contributed by atoms with Gasteiger partial charge in [0.15, 0.2) is 11.4 Å². The number of piperazine rings is 1. The molecule has 0 saturated carbocycles. The summed E-state index contributed by atoms with van der Waals surface area (Å²) in [6.07, 6.45) is 2.80. The van der Waals surface area contributed by atoms with E-state index in [1.54, 1.807) is 29.0 Å². The van der Waals surface area contributed by atoms with Gasteiger partial charge in [-0.1, -0.05) is 36.7 Å². The van der Waals surface area contributed by atoms with Crippen molar-refractivity contribution in [2.45, 2.75) is 44.4 Å². The van der Waals surface area contributed by atoms with Crippen LogP contribution in [0.25, 0.3) is 10.8 Å². The van der Waals surface area contributed by atoms with E-state index < -0.39 is 17.5 Å². The Bertz CT molecular complexity index is 1260. The molecule has 9 heteroatoms. The molecular formula is C25H28ClN5O3. The predicted molar refractivity (Wildman–Crippen MR) is 132 cm³/mol. The number of nitrogens with zero attached hydrogens (tertiary/aromatic N) is 2. The molecular weight excluding hydrogens is 454 g/mol. The Morgan fingerprint density at radius 1 is 1.18 bits per heavy atom. The zero-order chi connectivity index (χ0) is 24.0. The van der Waals surface area contributed by atoms with Crippen molar-refractivity contribution in [2.24, 2.45) is 0 Å². The number of hydrogen-bond donors (Lipinski definition) is 4. The lowest BCUT2D eigenvalue weighted by molar-refractivity contribution is -0.124. The number of imide groups is 1. The van der Waals surface area contributed by atoms with Gasteiger partial charge in [-0.15, -0.1) is 0 Å². The fraction of sp³-hybridized carbons (Fsp3) is 0.360. The van der Waals surface area contributed by atoms with E-state index in [0.717, 1.165) is 30.6 Å². The van der Waals surface area contributed by atoms with Crippen molar-refractivity contribution in [1.82, 2.24) is 20.5 Å². The van der Waals surface area contributed by atoms with E-state index in [4.69, 9.17) is 11.6 Å². The molecule has 5 rings (SSSR count). The lowest BCUT2D eigenvalue weighted by Gasteiger charge is -2.40. The minimum absolute atomic E-state index is 0.0114. The van der Waals surface area contributed by atoms with Crippen molar-refractivity contribution >= 4 is 40.0 Å². The van der Waals surface area contributed by atoms with Crippen molar-refractivity contribution in [3.63, 3.8) is 0 Å². The molecule has 3 heterocycles. The average Bonchev–Trinajstić information content (AvgIpc) is 3.29. The molecule has 3 atom stereocenters. The van der Waals surface area contributed by atoms with Crippen LogP contribution in [0.1, 0.15) is 25.8 Å². The molecule has 3 aromatic rings. The molecule has 0 radical (unpaired) electrons. The van der Waals surface area contributed by atoms with E-state index >= 15 is 0 Å². The van der Waals surface area contributed by atoms with E-state index in [0.29, 0.717) is 28.1 Å². The molecule has 34 heavy (non-hydrogen) atoms. The largest absolute Gasteiger partial charge is 0.494 e. The minimum Gasteiger partial charge on any atom is -0.494 e. The Labute approximate surface area is 202 Å². The molecule has 2 aliphatic heterocycles. The van der Waals surface area contributed by atoms with Gasteiger partial charge >= 0.3 is 6.03 Å². The molecule has 2 aromatic carbocycles. The first-order chi connectivity index (χ1) is 16.3. The van der Waals surface area contributed by atoms with Crippen LogP contribution in [0.4, 0.5) is 10.5 Å². The summed E-state index contributed by atoms with van der Waals surface area (Å²) >= 11 is 6.09. The zero-order valence-electron chi connectivity index (χ0n) is 19.1. The highest BCUT2D eigenvalue weighted by molar-refractivity contribution is 6.31. The number of benzene rings is 2. The third-order valence-corrected chi connectivity index (χ3v) is 7.24. The zero-order valence-corrected chi connectivity index (χ0v) is 19.9. The number of rotatable bonds is 5. The molecule has 8 nitrogen and oxygen atoms in total. The van der Waals surface area contributed by atoms with Crippen molar-refractivity contribution in [3.8, 4) is 5.88 Å². The van der Waals surface area contributed by atoms with Crippen LogP contribution in [-0.4, -0.2) is 46.8 Å². The number of carbonyl (C=O) groups excluding carboxylic acids is 2. The van der Waals surface area contributed by atoms with Gasteiger partial charge in [0, 0.05) is 52.9 Å². The lowest BCUT2D eigenvalue weighted by atomic mass is 9.89. The summed E-state index contributed by atoms with van der Waals surface area (Å²) in [5.41, 5.74) is 0.359.